The van der Waals surface area contributed by atoms with Gasteiger partial charge in [-0.3, -0.25) is 4.90 Å². The molecule has 4 rings (SSSR count). The first-order valence-electron chi connectivity index (χ1n) is 7.93. The summed E-state index contributed by atoms with van der Waals surface area (Å²) in [5.74, 6) is 3.11. The molecule has 2 aliphatic rings. The molecule has 0 saturated heterocycles. The van der Waals surface area contributed by atoms with Crippen LogP contribution in [0.5, 0.6) is 17.2 Å². The van der Waals surface area contributed by atoms with Crippen LogP contribution in [-0.4, -0.2) is 27.5 Å². The van der Waals surface area contributed by atoms with Crippen molar-refractivity contribution in [3.63, 3.8) is 0 Å². The first-order chi connectivity index (χ1) is 11.7. The molecule has 3 heterocycles. The topological polar surface area (TPSA) is 58.3 Å². The molecule has 24 heavy (non-hydrogen) atoms. The summed E-state index contributed by atoms with van der Waals surface area (Å²) in [5, 5.41) is 4.22. The lowest BCUT2D eigenvalue weighted by molar-refractivity contribution is -0.910. The lowest BCUT2D eigenvalue weighted by Gasteiger charge is -2.30. The Labute approximate surface area is 145 Å². The van der Waals surface area contributed by atoms with Crippen molar-refractivity contribution in [3.05, 3.63) is 40.5 Å². The molecule has 0 fully saturated rings. The van der Waals surface area contributed by atoms with Crippen molar-refractivity contribution in [2.75, 3.05) is 32.8 Å². The molecular weight excluding hydrogens is 330 g/mol. The molecule has 0 radical (unpaired) electrons. The summed E-state index contributed by atoms with van der Waals surface area (Å²) < 4.78 is 16.9. The number of pyridine rings is 1. The van der Waals surface area contributed by atoms with E-state index in [4.69, 9.17) is 25.8 Å². The fourth-order valence-electron chi connectivity index (χ4n) is 3.37. The van der Waals surface area contributed by atoms with Crippen LogP contribution >= 0.6 is 11.6 Å². The number of anilines is 1. The molecule has 1 aromatic heterocycles. The minimum Gasteiger partial charge on any atom is -0.492 e. The van der Waals surface area contributed by atoms with Crippen molar-refractivity contribution in [3.8, 4) is 17.2 Å². The number of likely N-dealkylation sites (N-methyl/N-ethyl adjacent to an activating group) is 1. The molecule has 1 unspecified atom stereocenters. The van der Waals surface area contributed by atoms with Crippen molar-refractivity contribution < 1.29 is 24.1 Å². The van der Waals surface area contributed by atoms with Crippen LogP contribution in [0, 0.1) is 0 Å². The lowest BCUT2D eigenvalue weighted by atomic mass is 9.95. The van der Waals surface area contributed by atoms with Gasteiger partial charge >= 0.3 is 0 Å². The SMILES string of the molecule is COc1c2c(cc3c1[C@@H](Nc1ccc(Cl)c[nH+]1)[NH+](C)CC3)OCO2. The van der Waals surface area contributed by atoms with E-state index in [0.29, 0.717) is 10.8 Å². The minimum atomic E-state index is 0.0376. The highest BCUT2D eigenvalue weighted by Crippen LogP contribution is 2.47. The second-order valence-electron chi connectivity index (χ2n) is 6.06. The van der Waals surface area contributed by atoms with Gasteiger partial charge in [0.25, 0.3) is 12.0 Å². The lowest BCUT2D eigenvalue weighted by Crippen LogP contribution is -3.11. The highest BCUT2D eigenvalue weighted by atomic mass is 35.5. The van der Waals surface area contributed by atoms with E-state index < -0.39 is 0 Å². The fourth-order valence-corrected chi connectivity index (χ4v) is 3.49. The van der Waals surface area contributed by atoms with Crippen LogP contribution in [0.1, 0.15) is 17.3 Å². The second kappa shape index (κ2) is 6.03. The summed E-state index contributed by atoms with van der Waals surface area (Å²) in [7, 11) is 3.84. The van der Waals surface area contributed by atoms with Crippen molar-refractivity contribution in [1.82, 2.24) is 0 Å². The van der Waals surface area contributed by atoms with E-state index in [2.05, 4.69) is 23.4 Å². The average Bonchev–Trinajstić information content (AvgIpc) is 3.05. The Bertz CT molecular complexity index is 767. The Morgan fingerprint density at radius 2 is 2.25 bits per heavy atom. The number of benzene rings is 1. The zero-order valence-electron chi connectivity index (χ0n) is 13.6. The Morgan fingerprint density at radius 1 is 1.38 bits per heavy atom. The summed E-state index contributed by atoms with van der Waals surface area (Å²) in [6.07, 6.45) is 2.77. The normalized spacial score (nSPS) is 21.3. The monoisotopic (exact) mass is 349 g/mol. The van der Waals surface area contributed by atoms with Crippen LogP contribution in [0.3, 0.4) is 0 Å². The first kappa shape index (κ1) is 15.4. The number of nitrogens with one attached hydrogen (secondary N) is 3. The molecule has 126 valence electrons. The van der Waals surface area contributed by atoms with Gasteiger partial charge in [-0.05, 0) is 17.7 Å². The zero-order valence-corrected chi connectivity index (χ0v) is 14.4. The third-order valence-electron chi connectivity index (χ3n) is 4.59. The molecule has 0 spiro atoms. The van der Waals surface area contributed by atoms with E-state index in [0.717, 1.165) is 35.8 Å². The minimum absolute atomic E-state index is 0.0376. The largest absolute Gasteiger partial charge is 0.492 e. The number of rotatable bonds is 3. The van der Waals surface area contributed by atoms with Gasteiger partial charge in [0.2, 0.25) is 12.5 Å². The van der Waals surface area contributed by atoms with E-state index >= 15 is 0 Å². The molecular formula is C17H20ClN3O3+2. The van der Waals surface area contributed by atoms with E-state index in [1.165, 1.54) is 10.5 Å². The third kappa shape index (κ3) is 2.52. The van der Waals surface area contributed by atoms with Crippen molar-refractivity contribution in [2.24, 2.45) is 0 Å². The van der Waals surface area contributed by atoms with Gasteiger partial charge in [0.15, 0.2) is 11.5 Å². The summed E-state index contributed by atoms with van der Waals surface area (Å²) in [6, 6.07) is 5.87. The van der Waals surface area contributed by atoms with Crippen molar-refractivity contribution in [2.45, 2.75) is 12.6 Å². The van der Waals surface area contributed by atoms with Crippen LogP contribution < -0.4 is 29.4 Å². The average molecular weight is 350 g/mol. The number of ether oxygens (including phenoxy) is 3. The number of halogens is 1. The molecule has 3 N–H and O–H groups in total. The number of aromatic nitrogens is 1. The highest BCUT2D eigenvalue weighted by Gasteiger charge is 2.39. The number of hydrogen-bond acceptors (Lipinski definition) is 4. The maximum atomic E-state index is 5.96. The summed E-state index contributed by atoms with van der Waals surface area (Å²) in [4.78, 5) is 4.52. The molecule has 2 aliphatic heterocycles. The maximum absolute atomic E-state index is 5.96. The van der Waals surface area contributed by atoms with Crippen LogP contribution in [0.4, 0.5) is 5.82 Å². The van der Waals surface area contributed by atoms with Gasteiger partial charge in [0.1, 0.15) is 11.8 Å². The molecule has 2 aromatic rings. The Kier molecular flexibility index (Phi) is 3.86. The maximum Gasteiger partial charge on any atom is 0.277 e. The number of fused-ring (bicyclic) bond motifs is 2. The molecule has 0 saturated carbocycles. The van der Waals surface area contributed by atoms with Gasteiger partial charge in [-0.2, -0.15) is 0 Å². The van der Waals surface area contributed by atoms with E-state index in [-0.39, 0.29) is 13.0 Å². The molecule has 2 atom stereocenters. The second-order valence-corrected chi connectivity index (χ2v) is 6.50. The smallest absolute Gasteiger partial charge is 0.277 e. The van der Waals surface area contributed by atoms with E-state index in [1.54, 1.807) is 13.3 Å². The van der Waals surface area contributed by atoms with Crippen molar-refractivity contribution >= 4 is 17.4 Å². The zero-order chi connectivity index (χ0) is 16.7. The van der Waals surface area contributed by atoms with E-state index in [1.807, 2.05) is 12.1 Å². The standard InChI is InChI=1S/C17H18ClN3O3/c1-21-6-5-10-7-12-15(24-9-23-12)16(22-2)14(10)17(21)20-13-4-3-11(18)8-19-13/h3-4,7-8,17H,5-6,9H2,1-2H3,(H,19,20)/p+2/t17-/m0/s1. The predicted octanol–water partition coefficient (Wildman–Crippen LogP) is 1.07. The van der Waals surface area contributed by atoms with E-state index in [9.17, 15) is 0 Å². The quantitative estimate of drug-likeness (QED) is 0.870. The summed E-state index contributed by atoms with van der Waals surface area (Å²) in [5.41, 5.74) is 2.35. The number of aromatic amines is 1. The van der Waals surface area contributed by atoms with Crippen LogP contribution in [0.2, 0.25) is 5.02 Å². The fraction of sp³-hybridized carbons (Fsp3) is 0.353. The number of H-pyrrole nitrogens is 1. The highest BCUT2D eigenvalue weighted by molar-refractivity contribution is 6.30. The molecule has 6 nitrogen and oxygen atoms in total. The molecule has 7 heteroatoms. The molecule has 1 aromatic carbocycles. The van der Waals surface area contributed by atoms with Crippen molar-refractivity contribution in [1.29, 1.82) is 0 Å². The Hall–Kier alpha value is -2.18. The number of methoxy groups -OCH3 is 1. The predicted molar refractivity (Wildman–Crippen MR) is 88.9 cm³/mol. The van der Waals surface area contributed by atoms with Crippen LogP contribution in [-0.2, 0) is 6.42 Å². The van der Waals surface area contributed by atoms with Gasteiger partial charge in [-0.1, -0.05) is 11.6 Å². The molecule has 0 amide bonds. The van der Waals surface area contributed by atoms with Crippen LogP contribution in [0.15, 0.2) is 24.4 Å². The number of hydrogen-bond donors (Lipinski definition) is 2. The number of quaternary nitrogens is 1. The summed E-state index contributed by atoms with van der Waals surface area (Å²) in [6.45, 7) is 1.25. The third-order valence-corrected chi connectivity index (χ3v) is 4.83. The van der Waals surface area contributed by atoms with Gasteiger partial charge in [0, 0.05) is 12.5 Å². The van der Waals surface area contributed by atoms with Gasteiger partial charge in [-0.15, -0.1) is 0 Å². The van der Waals surface area contributed by atoms with Gasteiger partial charge in [-0.25, -0.2) is 10.3 Å². The van der Waals surface area contributed by atoms with Gasteiger partial charge < -0.3 is 14.2 Å². The van der Waals surface area contributed by atoms with Gasteiger partial charge in [0.05, 0.1) is 25.7 Å². The summed E-state index contributed by atoms with van der Waals surface area (Å²) >= 11 is 5.96. The first-order valence-corrected chi connectivity index (χ1v) is 8.30. The molecule has 0 bridgehead atoms. The molecule has 0 aliphatic carbocycles. The Balaban J connectivity index is 1.78. The Morgan fingerprint density at radius 3 is 3.00 bits per heavy atom. The van der Waals surface area contributed by atoms with Crippen LogP contribution in [0.25, 0.3) is 0 Å².